The molecule has 96 valence electrons. The number of nitrogens with zero attached hydrogens (tertiary/aromatic N) is 1. The quantitative estimate of drug-likeness (QED) is 0.876. The predicted molar refractivity (Wildman–Crippen MR) is 73.4 cm³/mol. The minimum atomic E-state index is 0.0636. The van der Waals surface area contributed by atoms with E-state index >= 15 is 0 Å². The van der Waals surface area contributed by atoms with Gasteiger partial charge in [-0.1, -0.05) is 28.1 Å². The van der Waals surface area contributed by atoms with E-state index < -0.39 is 0 Å². The van der Waals surface area contributed by atoms with Crippen molar-refractivity contribution < 1.29 is 4.79 Å². The lowest BCUT2D eigenvalue weighted by molar-refractivity contribution is 0.201. The summed E-state index contributed by atoms with van der Waals surface area (Å²) in [6.07, 6.45) is 1.05. The smallest absolute Gasteiger partial charge is 0.318 e. The second-order valence-corrected chi connectivity index (χ2v) is 5.77. The second kappa shape index (κ2) is 4.90. The van der Waals surface area contributed by atoms with E-state index in [2.05, 4.69) is 38.7 Å². The molecule has 2 aliphatic rings. The zero-order valence-corrected chi connectivity index (χ0v) is 11.6. The van der Waals surface area contributed by atoms with Crippen LogP contribution in [-0.4, -0.2) is 36.6 Å². The molecule has 2 aliphatic heterocycles. The molecule has 4 nitrogen and oxygen atoms in total. The lowest BCUT2D eigenvalue weighted by atomic mass is 10.1. The highest BCUT2D eigenvalue weighted by Gasteiger charge is 2.35. The van der Waals surface area contributed by atoms with Crippen LogP contribution < -0.4 is 10.6 Å². The number of urea groups is 1. The van der Waals surface area contributed by atoms with Crippen LogP contribution in [0.15, 0.2) is 28.7 Å². The minimum Gasteiger partial charge on any atom is -0.329 e. The van der Waals surface area contributed by atoms with Gasteiger partial charge in [0.25, 0.3) is 0 Å². The van der Waals surface area contributed by atoms with Gasteiger partial charge in [-0.3, -0.25) is 0 Å². The summed E-state index contributed by atoms with van der Waals surface area (Å²) in [7, 11) is 0. The summed E-state index contributed by atoms with van der Waals surface area (Å²) in [4.78, 5) is 14.0. The molecule has 0 bridgehead atoms. The first kappa shape index (κ1) is 12.0. The monoisotopic (exact) mass is 309 g/mol. The first-order valence-electron chi connectivity index (χ1n) is 6.27. The van der Waals surface area contributed by atoms with Gasteiger partial charge in [0.1, 0.15) is 0 Å². The van der Waals surface area contributed by atoms with Crippen LogP contribution in [0.4, 0.5) is 4.79 Å². The van der Waals surface area contributed by atoms with Crippen molar-refractivity contribution in [2.45, 2.75) is 18.5 Å². The molecular formula is C13H16BrN3O. The zero-order chi connectivity index (χ0) is 12.5. The lowest BCUT2D eigenvalue weighted by Gasteiger charge is -2.21. The van der Waals surface area contributed by atoms with Crippen molar-refractivity contribution in [1.82, 2.24) is 15.5 Å². The molecule has 3 rings (SSSR count). The molecule has 2 amide bonds. The number of rotatable bonds is 2. The van der Waals surface area contributed by atoms with Crippen LogP contribution in [0.3, 0.4) is 0 Å². The average Bonchev–Trinajstić information content (AvgIpc) is 2.97. The SMILES string of the molecule is O=C1NC(c2cccc(Br)c2)CN1C1CCNC1. The Labute approximate surface area is 115 Å². The van der Waals surface area contributed by atoms with Gasteiger partial charge in [0.15, 0.2) is 0 Å². The number of carbonyl (C=O) groups excluding carboxylic acids is 1. The zero-order valence-electron chi connectivity index (χ0n) is 10.0. The van der Waals surface area contributed by atoms with Gasteiger partial charge in [-0.2, -0.15) is 0 Å². The third-order valence-corrected chi connectivity index (χ3v) is 4.16. The van der Waals surface area contributed by atoms with Crippen molar-refractivity contribution in [3.8, 4) is 0 Å². The maximum Gasteiger partial charge on any atom is 0.318 e. The summed E-state index contributed by atoms with van der Waals surface area (Å²) in [5, 5.41) is 6.37. The highest BCUT2D eigenvalue weighted by atomic mass is 79.9. The Morgan fingerprint density at radius 1 is 1.39 bits per heavy atom. The molecule has 1 aromatic carbocycles. The Kier molecular flexibility index (Phi) is 3.26. The first-order valence-corrected chi connectivity index (χ1v) is 7.06. The molecule has 2 fully saturated rings. The van der Waals surface area contributed by atoms with E-state index in [9.17, 15) is 4.79 Å². The lowest BCUT2D eigenvalue weighted by Crippen LogP contribution is -2.39. The minimum absolute atomic E-state index is 0.0636. The Morgan fingerprint density at radius 2 is 2.28 bits per heavy atom. The highest BCUT2D eigenvalue weighted by molar-refractivity contribution is 9.10. The number of carbonyl (C=O) groups is 1. The van der Waals surface area contributed by atoms with Crippen molar-refractivity contribution in [2.24, 2.45) is 0 Å². The van der Waals surface area contributed by atoms with Crippen LogP contribution in [0.5, 0.6) is 0 Å². The van der Waals surface area contributed by atoms with Crippen LogP contribution >= 0.6 is 15.9 Å². The molecule has 2 saturated heterocycles. The molecule has 5 heteroatoms. The van der Waals surface area contributed by atoms with Gasteiger partial charge >= 0.3 is 6.03 Å². The molecule has 2 heterocycles. The predicted octanol–water partition coefficient (Wildman–Crippen LogP) is 1.88. The number of hydrogen-bond donors (Lipinski definition) is 2. The Balaban J connectivity index is 1.75. The normalized spacial score (nSPS) is 27.6. The summed E-state index contributed by atoms with van der Waals surface area (Å²) in [6.45, 7) is 2.69. The van der Waals surface area contributed by atoms with E-state index in [0.29, 0.717) is 6.04 Å². The fourth-order valence-corrected chi connectivity index (χ4v) is 3.11. The summed E-state index contributed by atoms with van der Waals surface area (Å²) in [5.74, 6) is 0. The number of hydrogen-bond acceptors (Lipinski definition) is 2. The van der Waals surface area contributed by atoms with Crippen molar-refractivity contribution in [3.05, 3.63) is 34.3 Å². The average molecular weight is 310 g/mol. The van der Waals surface area contributed by atoms with Crippen molar-refractivity contribution >= 4 is 22.0 Å². The maximum atomic E-state index is 12.0. The molecule has 0 radical (unpaired) electrons. The van der Waals surface area contributed by atoms with Gasteiger partial charge in [-0.05, 0) is 30.7 Å². The van der Waals surface area contributed by atoms with Crippen LogP contribution in [0.2, 0.25) is 0 Å². The summed E-state index contributed by atoms with van der Waals surface area (Å²) >= 11 is 3.47. The molecule has 0 aliphatic carbocycles. The van der Waals surface area contributed by atoms with E-state index in [1.165, 1.54) is 0 Å². The van der Waals surface area contributed by atoms with E-state index in [4.69, 9.17) is 0 Å². The number of halogens is 1. The molecule has 2 N–H and O–H groups in total. The number of benzene rings is 1. The van der Waals surface area contributed by atoms with Crippen molar-refractivity contribution in [3.63, 3.8) is 0 Å². The molecule has 2 atom stereocenters. The fourth-order valence-electron chi connectivity index (χ4n) is 2.69. The van der Waals surface area contributed by atoms with E-state index in [1.807, 2.05) is 17.0 Å². The molecule has 18 heavy (non-hydrogen) atoms. The molecule has 0 spiro atoms. The van der Waals surface area contributed by atoms with Crippen LogP contribution in [0.1, 0.15) is 18.0 Å². The van der Waals surface area contributed by atoms with Gasteiger partial charge in [0.05, 0.1) is 6.04 Å². The highest BCUT2D eigenvalue weighted by Crippen LogP contribution is 2.25. The summed E-state index contributed by atoms with van der Waals surface area (Å²) < 4.78 is 1.05. The van der Waals surface area contributed by atoms with Gasteiger partial charge in [0, 0.05) is 23.6 Å². The largest absolute Gasteiger partial charge is 0.329 e. The number of amides is 2. The van der Waals surface area contributed by atoms with Gasteiger partial charge in [-0.25, -0.2) is 4.79 Å². The van der Waals surface area contributed by atoms with Gasteiger partial charge in [-0.15, -0.1) is 0 Å². The van der Waals surface area contributed by atoms with Crippen LogP contribution in [0.25, 0.3) is 0 Å². The Hall–Kier alpha value is -1.07. The molecule has 1 aromatic rings. The maximum absolute atomic E-state index is 12.0. The molecular weight excluding hydrogens is 294 g/mol. The second-order valence-electron chi connectivity index (χ2n) is 4.86. The summed E-state index contributed by atoms with van der Waals surface area (Å²) in [5.41, 5.74) is 1.16. The topological polar surface area (TPSA) is 44.4 Å². The molecule has 0 aromatic heterocycles. The van der Waals surface area contributed by atoms with E-state index in [-0.39, 0.29) is 12.1 Å². The fraction of sp³-hybridized carbons (Fsp3) is 0.462. The first-order chi connectivity index (χ1) is 8.74. The third-order valence-electron chi connectivity index (χ3n) is 3.66. The number of nitrogens with one attached hydrogen (secondary N) is 2. The van der Waals surface area contributed by atoms with Crippen LogP contribution in [0, 0.1) is 0 Å². The van der Waals surface area contributed by atoms with Crippen molar-refractivity contribution in [1.29, 1.82) is 0 Å². The van der Waals surface area contributed by atoms with Crippen LogP contribution in [-0.2, 0) is 0 Å². The summed E-state index contributed by atoms with van der Waals surface area (Å²) in [6, 6.07) is 8.66. The Bertz CT molecular complexity index is 459. The van der Waals surface area contributed by atoms with E-state index in [0.717, 1.165) is 36.1 Å². The molecule has 0 saturated carbocycles. The third kappa shape index (κ3) is 2.24. The molecule has 2 unspecified atom stereocenters. The Morgan fingerprint density at radius 3 is 3.00 bits per heavy atom. The van der Waals surface area contributed by atoms with Gasteiger partial charge < -0.3 is 15.5 Å². The van der Waals surface area contributed by atoms with E-state index in [1.54, 1.807) is 0 Å². The van der Waals surface area contributed by atoms with Crippen molar-refractivity contribution in [2.75, 3.05) is 19.6 Å². The standard InChI is InChI=1S/C13H16BrN3O/c14-10-3-1-2-9(6-10)12-8-17(13(18)16-12)11-4-5-15-7-11/h1-3,6,11-12,15H,4-5,7-8H2,(H,16,18). The van der Waals surface area contributed by atoms with Gasteiger partial charge in [0.2, 0.25) is 0 Å².